The molecular formula is C15H15N5O3S2. The fourth-order valence-corrected chi connectivity index (χ4v) is 3.20. The highest BCUT2D eigenvalue weighted by Crippen LogP contribution is 2.35. The number of anilines is 1. The molecule has 2 rings (SSSR count). The van der Waals surface area contributed by atoms with Crippen molar-refractivity contribution in [2.75, 3.05) is 11.9 Å². The van der Waals surface area contributed by atoms with Gasteiger partial charge in [0.2, 0.25) is 5.82 Å². The lowest BCUT2D eigenvalue weighted by Crippen LogP contribution is -2.21. The molecule has 0 saturated heterocycles. The quantitative estimate of drug-likeness (QED) is 0.178. The smallest absolute Gasteiger partial charge is 0.344 e. The van der Waals surface area contributed by atoms with Crippen LogP contribution < -0.4 is 5.32 Å². The van der Waals surface area contributed by atoms with Crippen molar-refractivity contribution in [1.82, 2.24) is 9.97 Å². The predicted molar refractivity (Wildman–Crippen MR) is 96.3 cm³/mol. The zero-order chi connectivity index (χ0) is 18.2. The van der Waals surface area contributed by atoms with Crippen LogP contribution in [0.4, 0.5) is 11.5 Å². The number of aliphatic hydroxyl groups excluding tert-OH is 1. The summed E-state index contributed by atoms with van der Waals surface area (Å²) in [5, 5.41) is 34.4. The van der Waals surface area contributed by atoms with E-state index < -0.39 is 11.0 Å². The van der Waals surface area contributed by atoms with E-state index in [1.165, 1.54) is 11.8 Å². The predicted octanol–water partition coefficient (Wildman–Crippen LogP) is 3.04. The Morgan fingerprint density at radius 2 is 2.12 bits per heavy atom. The Morgan fingerprint density at radius 3 is 2.72 bits per heavy atom. The number of hydrogen-bond donors (Lipinski definition) is 2. The maximum atomic E-state index is 11.4. The van der Waals surface area contributed by atoms with Gasteiger partial charge in [0, 0.05) is 23.6 Å². The van der Waals surface area contributed by atoms with Gasteiger partial charge in [-0.25, -0.2) is 4.98 Å². The summed E-state index contributed by atoms with van der Waals surface area (Å²) >= 11 is 1.92. The van der Waals surface area contributed by atoms with E-state index in [-0.39, 0.29) is 23.1 Å². The first-order valence-electron chi connectivity index (χ1n) is 7.21. The third-order valence-corrected chi connectivity index (χ3v) is 4.51. The maximum Gasteiger partial charge on any atom is 0.344 e. The van der Waals surface area contributed by atoms with Crippen molar-refractivity contribution in [2.24, 2.45) is 0 Å². The van der Waals surface area contributed by atoms with Gasteiger partial charge in [-0.3, -0.25) is 10.1 Å². The zero-order valence-electron chi connectivity index (χ0n) is 13.2. The third-order valence-electron chi connectivity index (χ3n) is 3.02. The molecule has 1 atom stereocenters. The number of aliphatic hydroxyl groups is 1. The van der Waals surface area contributed by atoms with Crippen molar-refractivity contribution in [3.05, 3.63) is 46.0 Å². The molecule has 0 bridgehead atoms. The molecule has 2 aromatic rings. The number of benzene rings is 1. The first kappa shape index (κ1) is 19.0. The summed E-state index contributed by atoms with van der Waals surface area (Å²) < 4.78 is 0. The molecule has 10 heteroatoms. The van der Waals surface area contributed by atoms with E-state index in [1.807, 2.05) is 35.7 Å². The lowest BCUT2D eigenvalue weighted by atomic mass is 10.2. The minimum atomic E-state index is -0.627. The third kappa shape index (κ3) is 5.32. The lowest BCUT2D eigenvalue weighted by molar-refractivity contribution is -0.387. The number of rotatable bonds is 8. The van der Waals surface area contributed by atoms with Crippen LogP contribution in [0.3, 0.4) is 0 Å². The van der Waals surface area contributed by atoms with E-state index >= 15 is 0 Å². The molecule has 1 aromatic heterocycles. The highest BCUT2D eigenvalue weighted by Gasteiger charge is 2.26. The number of aromatic nitrogens is 2. The van der Waals surface area contributed by atoms with Gasteiger partial charge in [0.15, 0.2) is 10.2 Å². The second-order valence-electron chi connectivity index (χ2n) is 4.96. The van der Waals surface area contributed by atoms with Gasteiger partial charge >= 0.3 is 5.69 Å². The normalized spacial score (nSPS) is 11.6. The SMILES string of the molecule is C[C@H](CO)Nc1nc(SCc2ccccc2)nc(SC#N)c1[N+](=O)[O-]. The number of thiocyanates is 1. The van der Waals surface area contributed by atoms with Gasteiger partial charge in [0.05, 0.1) is 11.5 Å². The second-order valence-corrected chi connectivity index (χ2v) is 6.68. The molecule has 0 unspecified atom stereocenters. The van der Waals surface area contributed by atoms with Gasteiger partial charge in [0.25, 0.3) is 0 Å². The van der Waals surface area contributed by atoms with Gasteiger partial charge < -0.3 is 10.4 Å². The van der Waals surface area contributed by atoms with Crippen LogP contribution in [-0.2, 0) is 5.75 Å². The van der Waals surface area contributed by atoms with Crippen LogP contribution in [0.1, 0.15) is 12.5 Å². The Morgan fingerprint density at radius 1 is 1.40 bits per heavy atom. The fourth-order valence-electron chi connectivity index (χ4n) is 1.86. The van der Waals surface area contributed by atoms with Crippen LogP contribution in [0.25, 0.3) is 0 Å². The molecule has 8 nitrogen and oxygen atoms in total. The van der Waals surface area contributed by atoms with Crippen LogP contribution in [0.15, 0.2) is 40.5 Å². The minimum Gasteiger partial charge on any atom is -0.394 e. The molecule has 1 aromatic carbocycles. The number of nitro groups is 1. The van der Waals surface area contributed by atoms with Crippen molar-refractivity contribution in [2.45, 2.75) is 28.9 Å². The largest absolute Gasteiger partial charge is 0.394 e. The topological polar surface area (TPSA) is 125 Å². The van der Waals surface area contributed by atoms with Crippen molar-refractivity contribution in [3.63, 3.8) is 0 Å². The highest BCUT2D eigenvalue weighted by atomic mass is 32.2. The van der Waals surface area contributed by atoms with E-state index in [9.17, 15) is 15.2 Å². The summed E-state index contributed by atoms with van der Waals surface area (Å²) in [7, 11) is 0. The van der Waals surface area contributed by atoms with Gasteiger partial charge in [-0.15, -0.1) is 0 Å². The Labute approximate surface area is 152 Å². The first-order valence-corrected chi connectivity index (χ1v) is 9.01. The highest BCUT2D eigenvalue weighted by molar-refractivity contribution is 8.03. The second kappa shape index (κ2) is 9.22. The zero-order valence-corrected chi connectivity index (χ0v) is 14.9. The van der Waals surface area contributed by atoms with E-state index in [0.29, 0.717) is 22.7 Å². The van der Waals surface area contributed by atoms with Gasteiger partial charge in [-0.2, -0.15) is 10.2 Å². The average molecular weight is 377 g/mol. The molecule has 25 heavy (non-hydrogen) atoms. The standard InChI is InChI=1S/C15H15N5O3S2/c1-10(7-21)17-13-12(20(22)23)14(25-9-16)19-15(18-13)24-8-11-5-3-2-4-6-11/h2-6,10,21H,7-8H2,1H3,(H,17,18,19)/t10-/m1/s1. The average Bonchev–Trinajstić information content (AvgIpc) is 2.60. The Kier molecular flexibility index (Phi) is 7.00. The molecular weight excluding hydrogens is 362 g/mol. The van der Waals surface area contributed by atoms with Gasteiger partial charge in [0.1, 0.15) is 5.40 Å². The van der Waals surface area contributed by atoms with Crippen LogP contribution in [0, 0.1) is 20.8 Å². The van der Waals surface area contributed by atoms with Crippen LogP contribution in [0.5, 0.6) is 0 Å². The number of hydrogen-bond acceptors (Lipinski definition) is 9. The number of nitriles is 1. The van der Waals surface area contributed by atoms with Crippen molar-refractivity contribution >= 4 is 35.0 Å². The van der Waals surface area contributed by atoms with Crippen molar-refractivity contribution < 1.29 is 10.0 Å². The summed E-state index contributed by atoms with van der Waals surface area (Å²) in [6.45, 7) is 1.45. The lowest BCUT2D eigenvalue weighted by Gasteiger charge is -2.13. The van der Waals surface area contributed by atoms with Crippen LogP contribution >= 0.6 is 23.5 Å². The molecule has 0 saturated carbocycles. The van der Waals surface area contributed by atoms with E-state index in [4.69, 9.17) is 5.26 Å². The monoisotopic (exact) mass is 377 g/mol. The summed E-state index contributed by atoms with van der Waals surface area (Å²) in [6, 6.07) is 9.22. The number of nitrogens with zero attached hydrogens (tertiary/aromatic N) is 4. The Hall–Kier alpha value is -2.35. The van der Waals surface area contributed by atoms with Crippen LogP contribution in [0.2, 0.25) is 0 Å². The van der Waals surface area contributed by atoms with E-state index in [2.05, 4.69) is 15.3 Å². The first-order chi connectivity index (χ1) is 12.0. The minimum absolute atomic E-state index is 0.00476. The molecule has 0 aliphatic rings. The van der Waals surface area contributed by atoms with Gasteiger partial charge in [-0.1, -0.05) is 42.1 Å². The molecule has 2 N–H and O–H groups in total. The van der Waals surface area contributed by atoms with Crippen molar-refractivity contribution in [3.8, 4) is 5.40 Å². The Bertz CT molecular complexity index is 783. The summed E-state index contributed by atoms with van der Waals surface area (Å²) in [4.78, 5) is 19.1. The van der Waals surface area contributed by atoms with Crippen LogP contribution in [-0.4, -0.2) is 32.6 Å². The molecule has 0 aliphatic heterocycles. The van der Waals surface area contributed by atoms with Crippen molar-refractivity contribution in [1.29, 1.82) is 5.26 Å². The maximum absolute atomic E-state index is 11.4. The summed E-state index contributed by atoms with van der Waals surface area (Å²) in [5.74, 6) is 0.583. The number of nitrogens with one attached hydrogen (secondary N) is 1. The molecule has 130 valence electrons. The molecule has 0 radical (unpaired) electrons. The molecule has 1 heterocycles. The summed E-state index contributed by atoms with van der Waals surface area (Å²) in [5.41, 5.74) is 0.693. The summed E-state index contributed by atoms with van der Waals surface area (Å²) in [6.07, 6.45) is 0. The van der Waals surface area contributed by atoms with E-state index in [1.54, 1.807) is 6.92 Å². The molecule has 0 amide bonds. The van der Waals surface area contributed by atoms with E-state index in [0.717, 1.165) is 5.56 Å². The number of thioether (sulfide) groups is 2. The fraction of sp³-hybridized carbons (Fsp3) is 0.267. The molecule has 0 aliphatic carbocycles. The Balaban J connectivity index is 2.36. The molecule has 0 spiro atoms. The van der Waals surface area contributed by atoms with Gasteiger partial charge in [-0.05, 0) is 12.5 Å². The molecule has 0 fully saturated rings.